The average molecular weight is 523 g/mol. The lowest BCUT2D eigenvalue weighted by atomic mass is 10.2. The van der Waals surface area contributed by atoms with Crippen molar-refractivity contribution in [1.29, 1.82) is 0 Å². The molecule has 0 radical (unpaired) electrons. The molecule has 3 heterocycles. The summed E-state index contributed by atoms with van der Waals surface area (Å²) in [6.07, 6.45) is 0. The Bertz CT molecular complexity index is 1060. The van der Waals surface area contributed by atoms with Crippen molar-refractivity contribution >= 4 is 61.8 Å². The van der Waals surface area contributed by atoms with Crippen molar-refractivity contribution in [3.05, 3.63) is 46.1 Å². The zero-order chi connectivity index (χ0) is 21.8. The molecule has 4 rings (SSSR count). The number of carbonyl (C=O) groups is 2. The van der Waals surface area contributed by atoms with E-state index in [1.807, 2.05) is 29.2 Å². The van der Waals surface area contributed by atoms with E-state index in [1.54, 1.807) is 13.0 Å². The second kappa shape index (κ2) is 9.79. The summed E-state index contributed by atoms with van der Waals surface area (Å²) >= 11 is 6.15. The molecule has 1 fully saturated rings. The number of carbonyl (C=O) groups excluding carboxylic acids is 2. The lowest BCUT2D eigenvalue weighted by molar-refractivity contribution is -0.113. The number of benzene rings is 1. The zero-order valence-corrected chi connectivity index (χ0v) is 19.8. The highest BCUT2D eigenvalue weighted by Gasteiger charge is 2.24. The standard InChI is InChI=1S/C19H19BrN6O3S2/c1-12-10-15(24-29-12)21-16(27)11-30-19-23-22-18(31-19)26-8-6-25(7-9-26)17(28)13-2-4-14(20)5-3-13/h2-5,10H,6-9,11H2,1H3,(H,21,24,27). The van der Waals surface area contributed by atoms with Crippen molar-refractivity contribution < 1.29 is 14.1 Å². The molecule has 1 saturated heterocycles. The van der Waals surface area contributed by atoms with Gasteiger partial charge >= 0.3 is 0 Å². The van der Waals surface area contributed by atoms with Gasteiger partial charge in [-0.3, -0.25) is 9.59 Å². The van der Waals surface area contributed by atoms with Gasteiger partial charge in [0.15, 0.2) is 10.2 Å². The van der Waals surface area contributed by atoms with Gasteiger partial charge in [0.05, 0.1) is 5.75 Å². The van der Waals surface area contributed by atoms with E-state index >= 15 is 0 Å². The summed E-state index contributed by atoms with van der Waals surface area (Å²) in [5.41, 5.74) is 0.685. The monoisotopic (exact) mass is 522 g/mol. The lowest BCUT2D eigenvalue weighted by Crippen LogP contribution is -2.48. The zero-order valence-electron chi connectivity index (χ0n) is 16.6. The molecule has 1 N–H and O–H groups in total. The van der Waals surface area contributed by atoms with Crippen molar-refractivity contribution in [2.75, 3.05) is 42.1 Å². The molecule has 9 nitrogen and oxygen atoms in total. The Labute approximate surface area is 195 Å². The van der Waals surface area contributed by atoms with Gasteiger partial charge in [0, 0.05) is 42.3 Å². The van der Waals surface area contributed by atoms with E-state index in [0.29, 0.717) is 43.3 Å². The number of anilines is 2. The number of rotatable bonds is 6. The molecule has 0 aliphatic carbocycles. The van der Waals surface area contributed by atoms with E-state index in [1.165, 1.54) is 23.1 Å². The third-order valence-corrected chi connectivity index (χ3v) is 7.19. The number of nitrogens with zero attached hydrogens (tertiary/aromatic N) is 5. The fourth-order valence-electron chi connectivity index (χ4n) is 3.00. The molecule has 0 saturated carbocycles. The average Bonchev–Trinajstić information content (AvgIpc) is 3.41. The minimum absolute atomic E-state index is 0.0361. The van der Waals surface area contributed by atoms with Gasteiger partial charge in [-0.25, -0.2) is 0 Å². The molecule has 12 heteroatoms. The van der Waals surface area contributed by atoms with Crippen LogP contribution in [0.3, 0.4) is 0 Å². The van der Waals surface area contributed by atoms with E-state index in [2.05, 4.69) is 41.5 Å². The first-order chi connectivity index (χ1) is 15.0. The van der Waals surface area contributed by atoms with Crippen molar-refractivity contribution in [3.63, 3.8) is 0 Å². The third kappa shape index (κ3) is 5.63. The normalized spacial score (nSPS) is 14.0. The first-order valence-corrected chi connectivity index (χ1v) is 12.1. The number of thioether (sulfide) groups is 1. The second-order valence-corrected chi connectivity index (χ2v) is 9.89. The van der Waals surface area contributed by atoms with Crippen LogP contribution < -0.4 is 10.2 Å². The van der Waals surface area contributed by atoms with E-state index in [0.717, 1.165) is 13.9 Å². The number of hydrogen-bond acceptors (Lipinski definition) is 9. The van der Waals surface area contributed by atoms with Gasteiger partial charge in [0.25, 0.3) is 5.91 Å². The fraction of sp³-hybridized carbons (Fsp3) is 0.316. The SMILES string of the molecule is Cc1cc(NC(=O)CSc2nnc(N3CCN(C(=O)c4ccc(Br)cc4)CC3)s2)no1. The molecule has 1 aromatic carbocycles. The summed E-state index contributed by atoms with van der Waals surface area (Å²) < 4.78 is 6.59. The number of aryl methyl sites for hydroxylation is 1. The summed E-state index contributed by atoms with van der Waals surface area (Å²) in [5, 5.41) is 15.6. The number of piperazine rings is 1. The van der Waals surface area contributed by atoms with Crippen LogP contribution in [0.15, 0.2) is 43.7 Å². The predicted molar refractivity (Wildman–Crippen MR) is 123 cm³/mol. The van der Waals surface area contributed by atoms with Crippen LogP contribution in [-0.2, 0) is 4.79 Å². The molecular weight excluding hydrogens is 504 g/mol. The quantitative estimate of drug-likeness (QED) is 0.491. The maximum atomic E-state index is 12.7. The van der Waals surface area contributed by atoms with Crippen molar-refractivity contribution in [3.8, 4) is 0 Å². The van der Waals surface area contributed by atoms with Gasteiger partial charge in [0.2, 0.25) is 11.0 Å². The minimum atomic E-state index is -0.185. The van der Waals surface area contributed by atoms with E-state index < -0.39 is 0 Å². The largest absolute Gasteiger partial charge is 0.360 e. The summed E-state index contributed by atoms with van der Waals surface area (Å²) in [5.74, 6) is 1.09. The number of nitrogens with one attached hydrogen (secondary N) is 1. The topological polar surface area (TPSA) is 104 Å². The van der Waals surface area contributed by atoms with Crippen LogP contribution in [0.1, 0.15) is 16.1 Å². The highest BCUT2D eigenvalue weighted by molar-refractivity contribution is 9.10. The second-order valence-electron chi connectivity index (χ2n) is 6.80. The molecule has 162 valence electrons. The Balaban J connectivity index is 1.25. The third-order valence-electron chi connectivity index (χ3n) is 4.55. The summed E-state index contributed by atoms with van der Waals surface area (Å²) in [7, 11) is 0. The van der Waals surface area contributed by atoms with Crippen LogP contribution in [0.4, 0.5) is 10.9 Å². The molecule has 31 heavy (non-hydrogen) atoms. The van der Waals surface area contributed by atoms with Gasteiger partial charge < -0.3 is 19.6 Å². The van der Waals surface area contributed by atoms with E-state index in [9.17, 15) is 9.59 Å². The Kier molecular flexibility index (Phi) is 6.88. The molecule has 2 aromatic heterocycles. The molecule has 2 amide bonds. The number of amides is 2. The number of halogens is 1. The molecule has 0 unspecified atom stereocenters. The van der Waals surface area contributed by atoms with Gasteiger partial charge in [0.1, 0.15) is 5.76 Å². The fourth-order valence-corrected chi connectivity index (χ4v) is 4.95. The van der Waals surface area contributed by atoms with E-state index in [4.69, 9.17) is 4.52 Å². The van der Waals surface area contributed by atoms with Crippen LogP contribution >= 0.6 is 39.0 Å². The van der Waals surface area contributed by atoms with Crippen molar-refractivity contribution in [2.45, 2.75) is 11.3 Å². The van der Waals surface area contributed by atoms with Gasteiger partial charge in [-0.15, -0.1) is 10.2 Å². The van der Waals surface area contributed by atoms with Crippen molar-refractivity contribution in [2.24, 2.45) is 0 Å². The van der Waals surface area contributed by atoms with Crippen LogP contribution in [0.2, 0.25) is 0 Å². The maximum Gasteiger partial charge on any atom is 0.253 e. The molecule has 0 bridgehead atoms. The van der Waals surface area contributed by atoms with Crippen LogP contribution in [0.25, 0.3) is 0 Å². The Morgan fingerprint density at radius 1 is 1.19 bits per heavy atom. The lowest BCUT2D eigenvalue weighted by Gasteiger charge is -2.34. The summed E-state index contributed by atoms with van der Waals surface area (Å²) in [6, 6.07) is 9.06. The van der Waals surface area contributed by atoms with Gasteiger partial charge in [-0.05, 0) is 31.2 Å². The predicted octanol–water partition coefficient (Wildman–Crippen LogP) is 3.29. The maximum absolute atomic E-state index is 12.7. The van der Waals surface area contributed by atoms with Gasteiger partial charge in [-0.1, -0.05) is 44.2 Å². The van der Waals surface area contributed by atoms with Crippen molar-refractivity contribution in [1.82, 2.24) is 20.3 Å². The molecule has 1 aliphatic rings. The summed E-state index contributed by atoms with van der Waals surface area (Å²) in [4.78, 5) is 28.7. The molecule has 0 atom stereocenters. The first-order valence-electron chi connectivity index (χ1n) is 9.47. The van der Waals surface area contributed by atoms with Crippen LogP contribution in [-0.4, -0.2) is 64.0 Å². The minimum Gasteiger partial charge on any atom is -0.360 e. The molecule has 1 aliphatic heterocycles. The Hall–Kier alpha value is -2.44. The van der Waals surface area contributed by atoms with Gasteiger partial charge in [-0.2, -0.15) is 0 Å². The van der Waals surface area contributed by atoms with Crippen LogP contribution in [0.5, 0.6) is 0 Å². The first kappa shape index (κ1) is 21.8. The number of aromatic nitrogens is 3. The molecule has 0 spiro atoms. The Morgan fingerprint density at radius 2 is 1.94 bits per heavy atom. The van der Waals surface area contributed by atoms with Crippen LogP contribution in [0, 0.1) is 6.92 Å². The molecular formula is C19H19BrN6O3S2. The summed E-state index contributed by atoms with van der Waals surface area (Å²) in [6.45, 7) is 4.38. The highest BCUT2D eigenvalue weighted by atomic mass is 79.9. The number of hydrogen-bond donors (Lipinski definition) is 1. The Morgan fingerprint density at radius 3 is 2.61 bits per heavy atom. The van der Waals surface area contributed by atoms with E-state index in [-0.39, 0.29) is 17.6 Å². The molecule has 3 aromatic rings. The highest BCUT2D eigenvalue weighted by Crippen LogP contribution is 2.29. The smallest absolute Gasteiger partial charge is 0.253 e.